The third-order valence-electron chi connectivity index (χ3n) is 6.97. The maximum atomic E-state index is 12.2. The molecule has 0 aromatic carbocycles. The van der Waals surface area contributed by atoms with Crippen LogP contribution in [0.1, 0.15) is 142 Å². The maximum absolute atomic E-state index is 12.2. The summed E-state index contributed by atoms with van der Waals surface area (Å²) in [5.41, 5.74) is 0. The van der Waals surface area contributed by atoms with Gasteiger partial charge in [0, 0.05) is 6.42 Å². The van der Waals surface area contributed by atoms with Gasteiger partial charge in [0.05, 0.1) is 18.8 Å². The normalized spacial score (nSPS) is 14.0. The highest BCUT2D eigenvalue weighted by Crippen LogP contribution is 2.10. The van der Waals surface area contributed by atoms with Gasteiger partial charge >= 0.3 is 0 Å². The third kappa shape index (κ3) is 27.6. The van der Waals surface area contributed by atoms with Gasteiger partial charge in [-0.2, -0.15) is 0 Å². The average Bonchev–Trinajstić information content (AvgIpc) is 2.96. The lowest BCUT2D eigenvalue weighted by molar-refractivity contribution is -0.123. The van der Waals surface area contributed by atoms with Crippen molar-refractivity contribution in [3.05, 3.63) is 60.8 Å². The van der Waals surface area contributed by atoms with E-state index in [1.807, 2.05) is 6.08 Å². The summed E-state index contributed by atoms with van der Waals surface area (Å²) in [6.07, 6.45) is 43.0. The lowest BCUT2D eigenvalue weighted by Crippen LogP contribution is -2.45. The minimum Gasteiger partial charge on any atom is -0.394 e. The van der Waals surface area contributed by atoms with Crippen LogP contribution in [0.2, 0.25) is 0 Å². The van der Waals surface area contributed by atoms with Crippen LogP contribution in [0, 0.1) is 0 Å². The van der Waals surface area contributed by atoms with E-state index >= 15 is 0 Å². The second-order valence-corrected chi connectivity index (χ2v) is 10.9. The Kier molecular flexibility index (Phi) is 30.1. The Morgan fingerprint density at radius 3 is 1.62 bits per heavy atom. The third-order valence-corrected chi connectivity index (χ3v) is 6.97. The fourth-order valence-corrected chi connectivity index (χ4v) is 4.37. The van der Waals surface area contributed by atoms with Gasteiger partial charge in [0.15, 0.2) is 0 Å². The number of carbonyl (C=O) groups is 1. The number of hydrogen-bond acceptors (Lipinski definition) is 3. The molecule has 0 aliphatic rings. The van der Waals surface area contributed by atoms with E-state index in [0.29, 0.717) is 6.42 Å². The van der Waals surface area contributed by atoms with Crippen LogP contribution in [0.15, 0.2) is 60.8 Å². The zero-order valence-corrected chi connectivity index (χ0v) is 26.1. The molecule has 1 amide bonds. The van der Waals surface area contributed by atoms with Gasteiger partial charge in [-0.1, -0.05) is 126 Å². The second kappa shape index (κ2) is 31.6. The second-order valence-electron chi connectivity index (χ2n) is 10.9. The first-order valence-electron chi connectivity index (χ1n) is 16.5. The molecule has 0 aliphatic heterocycles. The predicted octanol–water partition coefficient (Wildman–Crippen LogP) is 9.45. The molecule has 0 aromatic rings. The fraction of sp³-hybridized carbons (Fsp3) is 0.694. The van der Waals surface area contributed by atoms with Crippen molar-refractivity contribution in [3.8, 4) is 0 Å². The number of nitrogens with one attached hydrogen (secondary N) is 1. The smallest absolute Gasteiger partial charge is 0.220 e. The van der Waals surface area contributed by atoms with E-state index in [9.17, 15) is 15.0 Å². The summed E-state index contributed by atoms with van der Waals surface area (Å²) in [6, 6.07) is -0.644. The van der Waals surface area contributed by atoms with E-state index in [1.165, 1.54) is 64.2 Å². The van der Waals surface area contributed by atoms with Crippen molar-refractivity contribution < 1.29 is 15.0 Å². The first-order valence-corrected chi connectivity index (χ1v) is 16.5. The molecule has 0 aromatic heterocycles. The lowest BCUT2D eigenvalue weighted by Gasteiger charge is -2.19. The zero-order chi connectivity index (χ0) is 29.4. The summed E-state index contributed by atoms with van der Waals surface area (Å²) in [5, 5.41) is 22.7. The molecule has 4 nitrogen and oxygen atoms in total. The van der Waals surface area contributed by atoms with Gasteiger partial charge in [0.1, 0.15) is 0 Å². The van der Waals surface area contributed by atoms with Crippen LogP contribution in [0.4, 0.5) is 0 Å². The molecule has 0 heterocycles. The zero-order valence-electron chi connectivity index (χ0n) is 26.1. The van der Waals surface area contributed by atoms with Crippen LogP contribution in [0.5, 0.6) is 0 Å². The van der Waals surface area contributed by atoms with Crippen LogP contribution >= 0.6 is 0 Å². The van der Waals surface area contributed by atoms with E-state index in [4.69, 9.17) is 0 Å². The van der Waals surface area contributed by atoms with Crippen LogP contribution in [0.3, 0.4) is 0 Å². The van der Waals surface area contributed by atoms with Gasteiger partial charge in [-0.25, -0.2) is 0 Å². The molecule has 2 atom stereocenters. The summed E-state index contributed by atoms with van der Waals surface area (Å²) in [4.78, 5) is 12.2. The Balaban J connectivity index is 3.72. The number of amides is 1. The standard InChI is InChI=1S/C36H63NO3/c1-3-5-7-9-11-13-14-15-16-17-18-19-20-21-22-24-26-28-30-32-36(40)37-34(33-38)35(39)31-29-27-25-23-12-10-8-6-4-2/h11-13,15-16,18-19,23,29,31,34-35,38-39H,3-10,14,17,20-22,24-28,30,32-33H2,1-2H3,(H,37,40)/b13-11-,16-15-,19-18-,23-12+,31-29+. The van der Waals surface area contributed by atoms with E-state index in [2.05, 4.69) is 67.8 Å². The summed E-state index contributed by atoms with van der Waals surface area (Å²) < 4.78 is 0. The largest absolute Gasteiger partial charge is 0.394 e. The molecular formula is C36H63NO3. The highest BCUT2D eigenvalue weighted by Gasteiger charge is 2.17. The van der Waals surface area contributed by atoms with Crippen LogP contribution in [0.25, 0.3) is 0 Å². The van der Waals surface area contributed by atoms with Gasteiger partial charge < -0.3 is 15.5 Å². The molecule has 0 spiro atoms. The lowest BCUT2D eigenvalue weighted by atomic mass is 10.1. The van der Waals surface area contributed by atoms with Gasteiger partial charge in [-0.3, -0.25) is 4.79 Å². The average molecular weight is 558 g/mol. The highest BCUT2D eigenvalue weighted by atomic mass is 16.3. The van der Waals surface area contributed by atoms with Crippen molar-refractivity contribution in [2.75, 3.05) is 6.61 Å². The number of aliphatic hydroxyl groups is 2. The molecule has 0 radical (unpaired) electrons. The molecule has 3 N–H and O–H groups in total. The molecular weight excluding hydrogens is 494 g/mol. The van der Waals surface area contributed by atoms with E-state index in [0.717, 1.165) is 57.8 Å². The minimum absolute atomic E-state index is 0.0938. The van der Waals surface area contributed by atoms with Crippen molar-refractivity contribution in [2.24, 2.45) is 0 Å². The number of carbonyl (C=O) groups excluding carboxylic acids is 1. The summed E-state index contributed by atoms with van der Waals surface area (Å²) in [7, 11) is 0. The topological polar surface area (TPSA) is 69.6 Å². The monoisotopic (exact) mass is 557 g/mol. The molecule has 40 heavy (non-hydrogen) atoms. The van der Waals surface area contributed by atoms with Crippen molar-refractivity contribution in [3.63, 3.8) is 0 Å². The maximum Gasteiger partial charge on any atom is 0.220 e. The van der Waals surface area contributed by atoms with Gasteiger partial charge in [0.2, 0.25) is 5.91 Å². The minimum atomic E-state index is -0.866. The fourth-order valence-electron chi connectivity index (χ4n) is 4.37. The number of rotatable bonds is 28. The first-order chi connectivity index (χ1) is 19.7. The van der Waals surface area contributed by atoms with E-state index < -0.39 is 12.1 Å². The van der Waals surface area contributed by atoms with Crippen molar-refractivity contribution >= 4 is 5.91 Å². The summed E-state index contributed by atoms with van der Waals surface area (Å²) in [6.45, 7) is 4.18. The summed E-state index contributed by atoms with van der Waals surface area (Å²) >= 11 is 0. The van der Waals surface area contributed by atoms with Crippen molar-refractivity contribution in [1.82, 2.24) is 5.32 Å². The number of allylic oxidation sites excluding steroid dienone is 9. The van der Waals surface area contributed by atoms with E-state index in [-0.39, 0.29) is 12.5 Å². The Bertz CT molecular complexity index is 692. The Hall–Kier alpha value is -1.91. The Labute approximate surface area is 247 Å². The predicted molar refractivity (Wildman–Crippen MR) is 174 cm³/mol. The SMILES string of the molecule is CCCCC/C=C\C/C=C\C/C=C\CCCCCCCCC(=O)NC(CO)C(O)/C=C/CC/C=C/CCCCC. The van der Waals surface area contributed by atoms with E-state index in [1.54, 1.807) is 6.08 Å². The summed E-state index contributed by atoms with van der Waals surface area (Å²) in [5.74, 6) is -0.0938. The Morgan fingerprint density at radius 2 is 1.05 bits per heavy atom. The number of hydrogen-bond donors (Lipinski definition) is 3. The quantitative estimate of drug-likeness (QED) is 0.0663. The van der Waals surface area contributed by atoms with Gasteiger partial charge in [-0.15, -0.1) is 0 Å². The van der Waals surface area contributed by atoms with Crippen molar-refractivity contribution in [1.29, 1.82) is 0 Å². The van der Waals surface area contributed by atoms with Crippen LogP contribution in [-0.4, -0.2) is 34.9 Å². The highest BCUT2D eigenvalue weighted by molar-refractivity contribution is 5.76. The molecule has 0 saturated heterocycles. The molecule has 0 aliphatic carbocycles. The van der Waals surface area contributed by atoms with Crippen molar-refractivity contribution in [2.45, 2.75) is 154 Å². The number of aliphatic hydroxyl groups excluding tert-OH is 2. The molecule has 4 heteroatoms. The van der Waals surface area contributed by atoms with Gasteiger partial charge in [0.25, 0.3) is 0 Å². The molecule has 0 saturated carbocycles. The van der Waals surface area contributed by atoms with Crippen LogP contribution in [-0.2, 0) is 4.79 Å². The molecule has 230 valence electrons. The molecule has 0 bridgehead atoms. The first kappa shape index (κ1) is 38.1. The Morgan fingerprint density at radius 1 is 0.600 bits per heavy atom. The van der Waals surface area contributed by atoms with Crippen LogP contribution < -0.4 is 5.32 Å². The molecule has 0 rings (SSSR count). The van der Waals surface area contributed by atoms with Gasteiger partial charge in [-0.05, 0) is 70.6 Å². The molecule has 0 fully saturated rings. The number of unbranched alkanes of at least 4 members (excludes halogenated alkanes) is 13. The molecule has 2 unspecified atom stereocenters.